The van der Waals surface area contributed by atoms with Crippen molar-refractivity contribution in [2.45, 2.75) is 0 Å². The number of rotatable bonds is 2. The van der Waals surface area contributed by atoms with Gasteiger partial charge in [-0.3, -0.25) is 0 Å². The summed E-state index contributed by atoms with van der Waals surface area (Å²) in [6, 6.07) is 0. The van der Waals surface area contributed by atoms with E-state index < -0.39 is 10.6 Å². The number of nitrogens with one attached hydrogen (secondary N) is 3. The lowest BCUT2D eigenvalue weighted by atomic mass is 12.1. The van der Waals surface area contributed by atoms with E-state index in [0.29, 0.717) is 0 Å². The van der Waals surface area contributed by atoms with Gasteiger partial charge in [-0.1, -0.05) is 0 Å². The van der Waals surface area contributed by atoms with Crippen LogP contribution in [0.3, 0.4) is 0 Å². The van der Waals surface area contributed by atoms with Crippen molar-refractivity contribution in [1.29, 1.82) is 0 Å². The first-order chi connectivity index (χ1) is 3.13. The predicted molar refractivity (Wildman–Crippen MR) is 20.2 cm³/mol. The molecule has 0 saturated carbocycles. The van der Waals surface area contributed by atoms with Crippen LogP contribution in [0.5, 0.6) is 0 Å². The summed E-state index contributed by atoms with van der Waals surface area (Å²) in [6.07, 6.45) is 0. The predicted octanol–water partition coefficient (Wildman–Crippen LogP) is -5.08. The van der Waals surface area contributed by atoms with E-state index in [2.05, 4.69) is 11.7 Å². The molecule has 7 heavy (non-hydrogen) atoms. The number of quaternary nitrogens is 2. The topological polar surface area (TPSA) is 119 Å². The molecule has 0 aromatic rings. The molecule has 0 rings (SSSR count). The summed E-state index contributed by atoms with van der Waals surface area (Å²) in [5.41, 5.74) is 1.58. The molecule has 0 saturated heterocycles. The van der Waals surface area contributed by atoms with Crippen LogP contribution in [0, 0.1) is 10.4 Å². The van der Waals surface area contributed by atoms with Crippen molar-refractivity contribution in [1.82, 2.24) is 5.53 Å². The lowest BCUT2D eigenvalue weighted by Gasteiger charge is -2.19. The smallest absolute Gasteiger partial charge is 0.0263 e. The van der Waals surface area contributed by atoms with E-state index in [1.165, 1.54) is 0 Å². The molecule has 7 nitrogen and oxygen atoms in total. The quantitative estimate of drug-likeness (QED) is 0.179. The Morgan fingerprint density at radius 2 is 1.43 bits per heavy atom. The minimum absolute atomic E-state index is 0.937. The molecule has 44 valence electrons. The number of hydrogen-bond acceptors (Lipinski definition) is 5. The minimum Gasteiger partial charge on any atom is -0.589 e. The molecule has 2 unspecified atom stereocenters. The van der Waals surface area contributed by atoms with Gasteiger partial charge in [-0.15, -0.1) is 0 Å². The van der Waals surface area contributed by atoms with Gasteiger partial charge in [-0.25, -0.2) is 0 Å². The Morgan fingerprint density at radius 1 is 1.14 bits per heavy atom. The zero-order valence-electron chi connectivity index (χ0n) is 3.47. The molecule has 0 amide bonds. The fraction of sp³-hybridized carbons (Fsp3) is 0. The SMILES string of the molecule is N[NH+]([O-])N[NH+](N)[O-]. The third-order valence-electron chi connectivity index (χ3n) is 0.246. The van der Waals surface area contributed by atoms with E-state index in [0.717, 1.165) is 0 Å². The Kier molecular flexibility index (Phi) is 2.71. The van der Waals surface area contributed by atoms with Crippen LogP contribution in [-0.2, 0) is 0 Å². The Morgan fingerprint density at radius 3 is 1.43 bits per heavy atom. The molecule has 0 fully saturated rings. The first-order valence-electron chi connectivity index (χ1n) is 1.49. The maximum absolute atomic E-state index is 9.62. The molecule has 0 radical (unpaired) electrons. The standard InChI is InChI=1S/H7N5O2/c1-4(6)3-5(2)7/h3-5H,1-2H2. The van der Waals surface area contributed by atoms with Crippen LogP contribution in [0.25, 0.3) is 0 Å². The maximum Gasteiger partial charge on any atom is 0.0263 e. The second-order valence-corrected chi connectivity index (χ2v) is 0.854. The molecule has 0 heterocycles. The number of hydrogen-bond donors (Lipinski definition) is 5. The van der Waals surface area contributed by atoms with Gasteiger partial charge >= 0.3 is 0 Å². The molecule has 7 N–H and O–H groups in total. The Bertz CT molecular complexity index is 35.3. The fourth-order valence-corrected chi connectivity index (χ4v) is 0.121. The monoisotopic (exact) mass is 109 g/mol. The van der Waals surface area contributed by atoms with Crippen molar-refractivity contribution >= 4 is 0 Å². The average molecular weight is 109 g/mol. The Hall–Kier alpha value is -0.280. The first kappa shape index (κ1) is 6.72. The van der Waals surface area contributed by atoms with Gasteiger partial charge < -0.3 is 10.4 Å². The van der Waals surface area contributed by atoms with Crippen LogP contribution in [0.4, 0.5) is 0 Å². The highest BCUT2D eigenvalue weighted by atomic mass is 16.7. The molecular weight excluding hydrogens is 102 g/mol. The van der Waals surface area contributed by atoms with E-state index >= 15 is 0 Å². The fourth-order valence-electron chi connectivity index (χ4n) is 0.121. The third kappa shape index (κ3) is 5.72. The second-order valence-electron chi connectivity index (χ2n) is 0.854. The van der Waals surface area contributed by atoms with E-state index in [-0.39, 0.29) is 0 Å². The van der Waals surface area contributed by atoms with Crippen LogP contribution >= 0.6 is 0 Å². The molecule has 0 aliphatic rings. The van der Waals surface area contributed by atoms with Gasteiger partial charge in [0, 0.05) is 5.53 Å². The lowest BCUT2D eigenvalue weighted by molar-refractivity contribution is -1.12. The van der Waals surface area contributed by atoms with Crippen molar-refractivity contribution in [2.24, 2.45) is 11.7 Å². The van der Waals surface area contributed by atoms with E-state index in [1.54, 1.807) is 5.53 Å². The van der Waals surface area contributed by atoms with Gasteiger partial charge in [0.15, 0.2) is 0 Å². The van der Waals surface area contributed by atoms with Gasteiger partial charge in [0.1, 0.15) is 0 Å². The van der Waals surface area contributed by atoms with E-state index in [9.17, 15) is 10.4 Å². The summed E-state index contributed by atoms with van der Waals surface area (Å²) < 4.78 is 0. The lowest BCUT2D eigenvalue weighted by Crippen LogP contribution is -3.40. The van der Waals surface area contributed by atoms with E-state index in [1.807, 2.05) is 0 Å². The van der Waals surface area contributed by atoms with Crippen molar-refractivity contribution in [3.8, 4) is 0 Å². The van der Waals surface area contributed by atoms with Gasteiger partial charge in [0.05, 0.1) is 0 Å². The molecular formula is H7N5O2. The number of nitrogens with two attached hydrogens (primary N) is 2. The summed E-state index contributed by atoms with van der Waals surface area (Å²) in [5, 5.41) is 17.4. The van der Waals surface area contributed by atoms with Gasteiger partial charge in [0.25, 0.3) is 0 Å². The largest absolute Gasteiger partial charge is 0.589 e. The zero-order chi connectivity index (χ0) is 5.86. The van der Waals surface area contributed by atoms with Gasteiger partial charge in [-0.05, 0) is 0 Å². The highest BCUT2D eigenvalue weighted by molar-refractivity contribution is 3.86. The van der Waals surface area contributed by atoms with Gasteiger partial charge in [0.2, 0.25) is 0 Å². The summed E-state index contributed by atoms with van der Waals surface area (Å²) in [4.78, 5) is 0. The summed E-state index contributed by atoms with van der Waals surface area (Å²) in [5.74, 6) is 8.88. The summed E-state index contributed by atoms with van der Waals surface area (Å²) in [6.45, 7) is 0. The summed E-state index contributed by atoms with van der Waals surface area (Å²) in [7, 11) is 0. The minimum atomic E-state index is -0.938. The highest BCUT2D eigenvalue weighted by Gasteiger charge is 1.84. The molecule has 0 bridgehead atoms. The molecule has 7 heteroatoms. The van der Waals surface area contributed by atoms with Gasteiger partial charge in [-0.2, -0.15) is 22.2 Å². The van der Waals surface area contributed by atoms with Crippen molar-refractivity contribution in [2.75, 3.05) is 0 Å². The molecule has 0 aliphatic heterocycles. The van der Waals surface area contributed by atoms with Crippen LogP contribution in [-0.4, -0.2) is 0 Å². The molecule has 2 atom stereocenters. The van der Waals surface area contributed by atoms with Crippen LogP contribution in [0.1, 0.15) is 0 Å². The molecule has 0 spiro atoms. The Balaban J connectivity index is 2.95. The average Bonchev–Trinajstić information content (AvgIpc) is 1.27. The zero-order valence-corrected chi connectivity index (χ0v) is 3.47. The highest BCUT2D eigenvalue weighted by Crippen LogP contribution is 0.924. The van der Waals surface area contributed by atoms with Crippen molar-refractivity contribution in [3.63, 3.8) is 0 Å². The van der Waals surface area contributed by atoms with E-state index in [4.69, 9.17) is 0 Å². The van der Waals surface area contributed by atoms with Crippen molar-refractivity contribution < 1.29 is 10.6 Å². The third-order valence-corrected chi connectivity index (χ3v) is 0.246. The normalized spacial score (nSPS) is 18.9. The molecule has 0 aliphatic carbocycles. The molecule has 0 aromatic carbocycles. The van der Waals surface area contributed by atoms with Crippen LogP contribution < -0.4 is 27.8 Å². The Labute approximate surface area is 39.5 Å². The van der Waals surface area contributed by atoms with Crippen molar-refractivity contribution in [3.05, 3.63) is 10.4 Å². The van der Waals surface area contributed by atoms with Crippen LogP contribution in [0.2, 0.25) is 0 Å². The summed E-state index contributed by atoms with van der Waals surface area (Å²) >= 11 is 0. The molecule has 0 aromatic heterocycles. The second kappa shape index (κ2) is 2.82. The first-order valence-corrected chi connectivity index (χ1v) is 1.49. The van der Waals surface area contributed by atoms with Crippen LogP contribution in [0.15, 0.2) is 0 Å². The maximum atomic E-state index is 9.62.